The van der Waals surface area contributed by atoms with Crippen LogP contribution in [0.2, 0.25) is 0 Å². The Morgan fingerprint density at radius 1 is 0.960 bits per heavy atom. The number of ether oxygens (including phenoxy) is 3. The van der Waals surface area contributed by atoms with Gasteiger partial charge in [-0.2, -0.15) is 0 Å². The summed E-state index contributed by atoms with van der Waals surface area (Å²) in [6.45, 7) is 28.4. The smallest absolute Gasteiger partial charge is 0.312 e. The minimum atomic E-state index is -0.939. The number of hydrogen-bond acceptors (Lipinski definition) is 7. The van der Waals surface area contributed by atoms with Crippen LogP contribution in [0.4, 0.5) is 0 Å². The molecule has 0 radical (unpaired) electrons. The van der Waals surface area contributed by atoms with Gasteiger partial charge in [-0.1, -0.05) is 106 Å². The standard InChI is InChI=1S/C34H63NO6.C8H10O/c1-10-14-18-28(11-2)25-41-32(8,12-3)29(36)19-16-15-17-21-40-33(9,13-4)30(37)35-20-22-39-31(38)34(23-26(5)6)24-27(34)7;1-4-5-6-7(2)8(3)9/h26-28H,10-25H2,1-9H3,(H,35,37);4-6H,1-2H2,3H3/b;6-5-. The maximum absolute atomic E-state index is 13.0. The number of amides is 1. The minimum Gasteiger partial charge on any atom is -0.463 e. The predicted molar refractivity (Wildman–Crippen MR) is 205 cm³/mol. The fourth-order valence-electron chi connectivity index (χ4n) is 5.84. The lowest BCUT2D eigenvalue weighted by atomic mass is 9.92. The number of rotatable bonds is 27. The number of esters is 1. The number of nitrogens with one attached hydrogen (secondary N) is 1. The van der Waals surface area contributed by atoms with Crippen molar-refractivity contribution < 1.29 is 33.4 Å². The van der Waals surface area contributed by atoms with Crippen LogP contribution < -0.4 is 5.32 Å². The number of carbonyl (C=O) groups is 4. The van der Waals surface area contributed by atoms with Crippen molar-refractivity contribution in [2.24, 2.45) is 23.2 Å². The van der Waals surface area contributed by atoms with Crippen molar-refractivity contribution in [2.75, 3.05) is 26.4 Å². The fourth-order valence-corrected chi connectivity index (χ4v) is 5.84. The van der Waals surface area contributed by atoms with E-state index in [2.05, 4.69) is 53.1 Å². The summed E-state index contributed by atoms with van der Waals surface area (Å²) in [4.78, 5) is 48.9. The molecular weight excluding hydrogens is 630 g/mol. The van der Waals surface area contributed by atoms with Gasteiger partial charge in [-0.3, -0.25) is 19.2 Å². The van der Waals surface area contributed by atoms with Gasteiger partial charge < -0.3 is 19.5 Å². The molecule has 0 spiro atoms. The molecule has 1 rings (SSSR count). The number of hydrogen-bond donors (Lipinski definition) is 1. The summed E-state index contributed by atoms with van der Waals surface area (Å²) in [5.74, 6) is 1.16. The Morgan fingerprint density at radius 2 is 1.60 bits per heavy atom. The third-order valence-corrected chi connectivity index (χ3v) is 10.2. The first-order valence-electron chi connectivity index (χ1n) is 19.3. The van der Waals surface area contributed by atoms with Crippen molar-refractivity contribution >= 4 is 23.4 Å². The van der Waals surface area contributed by atoms with Crippen LogP contribution in [-0.2, 0) is 33.4 Å². The summed E-state index contributed by atoms with van der Waals surface area (Å²) in [6.07, 6.45) is 15.4. The van der Waals surface area contributed by atoms with Crippen LogP contribution in [0, 0.1) is 23.2 Å². The van der Waals surface area contributed by atoms with Gasteiger partial charge >= 0.3 is 5.97 Å². The van der Waals surface area contributed by atoms with Gasteiger partial charge in [0.25, 0.3) is 5.91 Å². The maximum atomic E-state index is 13.0. The second kappa shape index (κ2) is 24.6. The van der Waals surface area contributed by atoms with Gasteiger partial charge in [0.2, 0.25) is 0 Å². The number of carbonyl (C=O) groups excluding carboxylic acids is 4. The Bertz CT molecular complexity index is 1100. The number of Topliss-reactive ketones (excluding diaryl/α,β-unsaturated/α-hetero) is 2. The molecule has 0 bridgehead atoms. The number of allylic oxidation sites excluding steroid dienone is 4. The lowest BCUT2D eigenvalue weighted by Crippen LogP contribution is -2.47. The van der Waals surface area contributed by atoms with Crippen molar-refractivity contribution in [1.82, 2.24) is 5.32 Å². The maximum Gasteiger partial charge on any atom is 0.312 e. The van der Waals surface area contributed by atoms with E-state index in [0.717, 1.165) is 44.9 Å². The lowest BCUT2D eigenvalue weighted by Gasteiger charge is -2.29. The molecule has 0 heterocycles. The normalized spacial score (nSPS) is 19.8. The molecule has 1 amide bonds. The van der Waals surface area contributed by atoms with Crippen LogP contribution >= 0.6 is 0 Å². The fraction of sp³-hybridized carbons (Fsp3) is 0.762. The largest absolute Gasteiger partial charge is 0.463 e. The van der Waals surface area contributed by atoms with Gasteiger partial charge in [0.1, 0.15) is 17.8 Å². The van der Waals surface area contributed by atoms with Gasteiger partial charge in [0, 0.05) is 18.6 Å². The Hall–Kier alpha value is -2.58. The van der Waals surface area contributed by atoms with Crippen LogP contribution in [0.25, 0.3) is 0 Å². The highest BCUT2D eigenvalue weighted by Crippen LogP contribution is 2.57. The van der Waals surface area contributed by atoms with Gasteiger partial charge in [-0.05, 0) is 83.5 Å². The summed E-state index contributed by atoms with van der Waals surface area (Å²) in [7, 11) is 0. The zero-order valence-corrected chi connectivity index (χ0v) is 33.5. The molecule has 0 aromatic carbocycles. The monoisotopic (exact) mass is 704 g/mol. The zero-order chi connectivity index (χ0) is 38.4. The predicted octanol–water partition coefficient (Wildman–Crippen LogP) is 9.31. The molecule has 5 atom stereocenters. The highest BCUT2D eigenvalue weighted by atomic mass is 16.5. The van der Waals surface area contributed by atoms with Gasteiger partial charge in [0.15, 0.2) is 11.6 Å². The molecule has 0 aromatic rings. The van der Waals surface area contributed by atoms with E-state index in [-0.39, 0.29) is 42.0 Å². The van der Waals surface area contributed by atoms with E-state index in [9.17, 15) is 19.2 Å². The molecule has 1 aliphatic carbocycles. The van der Waals surface area contributed by atoms with E-state index < -0.39 is 11.2 Å². The minimum absolute atomic E-state index is 0.00639. The van der Waals surface area contributed by atoms with Gasteiger partial charge in [0.05, 0.1) is 18.6 Å². The van der Waals surface area contributed by atoms with E-state index in [0.29, 0.717) is 55.8 Å². The summed E-state index contributed by atoms with van der Waals surface area (Å²) >= 11 is 0. The van der Waals surface area contributed by atoms with E-state index in [1.54, 1.807) is 25.2 Å². The summed E-state index contributed by atoms with van der Waals surface area (Å²) < 4.78 is 17.7. The first-order chi connectivity index (χ1) is 23.5. The van der Waals surface area contributed by atoms with Crippen molar-refractivity contribution in [1.29, 1.82) is 0 Å². The first kappa shape index (κ1) is 47.4. The second-order valence-electron chi connectivity index (χ2n) is 14.9. The summed E-state index contributed by atoms with van der Waals surface area (Å²) in [6, 6.07) is 0. The molecule has 8 heteroatoms. The van der Waals surface area contributed by atoms with E-state index in [4.69, 9.17) is 14.2 Å². The van der Waals surface area contributed by atoms with E-state index in [1.165, 1.54) is 19.8 Å². The molecule has 1 aliphatic rings. The number of unbranched alkanes of at least 4 members (excludes halogenated alkanes) is 3. The second-order valence-corrected chi connectivity index (χ2v) is 14.9. The quantitative estimate of drug-likeness (QED) is 0.0393. The molecule has 1 saturated carbocycles. The molecule has 8 nitrogen and oxygen atoms in total. The molecule has 288 valence electrons. The molecule has 1 fully saturated rings. The van der Waals surface area contributed by atoms with Crippen molar-refractivity contribution in [3.05, 3.63) is 37.0 Å². The topological polar surface area (TPSA) is 108 Å². The van der Waals surface area contributed by atoms with Gasteiger partial charge in [-0.25, -0.2) is 0 Å². The molecule has 0 aromatic heterocycles. The third-order valence-electron chi connectivity index (χ3n) is 10.2. The molecule has 5 unspecified atom stereocenters. The van der Waals surface area contributed by atoms with Crippen molar-refractivity contribution in [2.45, 2.75) is 157 Å². The third kappa shape index (κ3) is 17.1. The highest BCUT2D eigenvalue weighted by Gasteiger charge is 2.58. The average Bonchev–Trinajstić information content (AvgIpc) is 3.74. The first-order valence-corrected chi connectivity index (χ1v) is 19.3. The SMILES string of the molecule is C=C/C=C\C(=C)C(C)=O.CCCCC(CC)COC(C)(CC)C(=O)CCCCCOC(C)(CC)C(=O)NCCOC(=O)C1(CC(C)C)CC1C. The van der Waals surface area contributed by atoms with Crippen molar-refractivity contribution in [3.8, 4) is 0 Å². The molecule has 1 N–H and O–H groups in total. The van der Waals surface area contributed by atoms with Crippen LogP contribution in [0.1, 0.15) is 146 Å². The molecule has 0 saturated heterocycles. The average molecular weight is 704 g/mol. The summed E-state index contributed by atoms with van der Waals surface area (Å²) in [5.41, 5.74) is -1.48. The Labute approximate surface area is 305 Å². The lowest BCUT2D eigenvalue weighted by molar-refractivity contribution is -0.153. The zero-order valence-electron chi connectivity index (χ0n) is 33.5. The number of ketones is 2. The molecular formula is C42H73NO7. The Morgan fingerprint density at radius 3 is 2.10 bits per heavy atom. The molecule has 0 aliphatic heterocycles. The highest BCUT2D eigenvalue weighted by molar-refractivity contribution is 5.95. The van der Waals surface area contributed by atoms with Crippen LogP contribution in [0.15, 0.2) is 37.0 Å². The van der Waals surface area contributed by atoms with E-state index in [1.807, 2.05) is 20.8 Å². The molecule has 50 heavy (non-hydrogen) atoms. The van der Waals surface area contributed by atoms with Crippen LogP contribution in [-0.4, -0.2) is 61.0 Å². The Kier molecular flexibility index (Phi) is 23.3. The Balaban J connectivity index is 0.00000233. The van der Waals surface area contributed by atoms with Crippen LogP contribution in [0.3, 0.4) is 0 Å². The van der Waals surface area contributed by atoms with Gasteiger partial charge in [-0.15, -0.1) is 0 Å². The summed E-state index contributed by atoms with van der Waals surface area (Å²) in [5, 5.41) is 2.88. The van der Waals surface area contributed by atoms with Crippen LogP contribution in [0.5, 0.6) is 0 Å². The van der Waals surface area contributed by atoms with E-state index >= 15 is 0 Å². The van der Waals surface area contributed by atoms with Crippen molar-refractivity contribution in [3.63, 3.8) is 0 Å².